The summed E-state index contributed by atoms with van der Waals surface area (Å²) in [5, 5.41) is 0. The molecule has 4 rings (SSSR count). The molecule has 4 fully saturated rings. The molecule has 0 N–H and O–H groups in total. The van der Waals surface area contributed by atoms with E-state index in [-0.39, 0.29) is 0 Å². The van der Waals surface area contributed by atoms with Crippen molar-refractivity contribution in [3.63, 3.8) is 0 Å². The van der Waals surface area contributed by atoms with E-state index in [9.17, 15) is 4.79 Å². The highest BCUT2D eigenvalue weighted by Crippen LogP contribution is 2.66. The van der Waals surface area contributed by atoms with Crippen LogP contribution < -0.4 is 0 Å². The molecule has 4 aliphatic rings. The second-order valence-electron chi connectivity index (χ2n) is 10.1. The molecule has 0 aromatic carbocycles. The molecule has 25 heavy (non-hydrogen) atoms. The van der Waals surface area contributed by atoms with E-state index >= 15 is 0 Å². The van der Waals surface area contributed by atoms with Crippen molar-refractivity contribution >= 4 is 5.91 Å². The van der Waals surface area contributed by atoms with Crippen LogP contribution in [0, 0.1) is 34.5 Å². The third-order valence-corrected chi connectivity index (χ3v) is 9.57. The van der Waals surface area contributed by atoms with Crippen LogP contribution in [-0.2, 0) is 9.53 Å². The van der Waals surface area contributed by atoms with Gasteiger partial charge in [0, 0.05) is 26.6 Å². The summed E-state index contributed by atoms with van der Waals surface area (Å²) < 4.78 is 5.77. The predicted octanol–water partition coefficient (Wildman–Crippen LogP) is 4.50. The van der Waals surface area contributed by atoms with Gasteiger partial charge in [0.1, 0.15) is 0 Å². The number of amides is 1. The number of piperidine rings is 1. The van der Waals surface area contributed by atoms with Crippen molar-refractivity contribution in [1.82, 2.24) is 4.90 Å². The van der Waals surface area contributed by atoms with Crippen LogP contribution >= 0.6 is 0 Å². The highest BCUT2D eigenvalue weighted by Gasteiger charge is 2.61. The van der Waals surface area contributed by atoms with E-state index in [4.69, 9.17) is 4.74 Å². The molecule has 1 heterocycles. The molecule has 0 radical (unpaired) electrons. The highest BCUT2D eigenvalue weighted by molar-refractivity contribution is 5.77. The first-order valence-electron chi connectivity index (χ1n) is 10.6. The Morgan fingerprint density at radius 2 is 1.76 bits per heavy atom. The van der Waals surface area contributed by atoms with Crippen molar-refractivity contribution in [2.24, 2.45) is 34.5 Å². The summed E-state index contributed by atoms with van der Waals surface area (Å²) in [5.41, 5.74) is 0.814. The monoisotopic (exact) mass is 347 g/mol. The molecule has 0 spiro atoms. The van der Waals surface area contributed by atoms with Crippen molar-refractivity contribution in [3.8, 4) is 0 Å². The summed E-state index contributed by atoms with van der Waals surface area (Å²) in [7, 11) is 3.94. The maximum atomic E-state index is 12.2. The minimum Gasteiger partial charge on any atom is -0.381 e. The van der Waals surface area contributed by atoms with Crippen LogP contribution in [0.3, 0.4) is 0 Å². The van der Waals surface area contributed by atoms with Crippen LogP contribution in [0.4, 0.5) is 0 Å². The maximum Gasteiger partial charge on any atom is 0.222 e. The number of likely N-dealkylation sites (tertiary alicyclic amines) is 1. The van der Waals surface area contributed by atoms with E-state index in [0.29, 0.717) is 28.9 Å². The van der Waals surface area contributed by atoms with E-state index in [1.54, 1.807) is 0 Å². The van der Waals surface area contributed by atoms with Crippen LogP contribution in [0.1, 0.15) is 72.1 Å². The summed E-state index contributed by atoms with van der Waals surface area (Å²) in [4.78, 5) is 14.4. The number of methoxy groups -OCH3 is 1. The Bertz CT molecular complexity index is 548. The first kappa shape index (κ1) is 17.8. The van der Waals surface area contributed by atoms with Crippen LogP contribution in [0.2, 0.25) is 0 Å². The Kier molecular flexibility index (Phi) is 4.26. The second-order valence-corrected chi connectivity index (χ2v) is 10.1. The molecule has 142 valence electrons. The quantitative estimate of drug-likeness (QED) is 0.736. The number of nitrogens with zero attached hydrogens (tertiary/aromatic N) is 1. The summed E-state index contributed by atoms with van der Waals surface area (Å²) in [6.45, 7) is 7.38. The number of hydrogen-bond acceptors (Lipinski definition) is 2. The molecule has 0 aromatic rings. The topological polar surface area (TPSA) is 29.5 Å². The van der Waals surface area contributed by atoms with E-state index in [1.807, 2.05) is 7.11 Å². The van der Waals surface area contributed by atoms with Crippen molar-refractivity contribution in [1.29, 1.82) is 0 Å². The van der Waals surface area contributed by atoms with Gasteiger partial charge in [-0.2, -0.15) is 0 Å². The molecule has 0 bridgehead atoms. The van der Waals surface area contributed by atoms with Crippen molar-refractivity contribution in [3.05, 3.63) is 0 Å². The molecular formula is C22H37NO2. The number of ether oxygens (including phenoxy) is 1. The molecule has 8 atom stereocenters. The lowest BCUT2D eigenvalue weighted by atomic mass is 9.46. The van der Waals surface area contributed by atoms with Crippen molar-refractivity contribution in [2.75, 3.05) is 14.2 Å². The zero-order chi connectivity index (χ0) is 18.0. The van der Waals surface area contributed by atoms with Gasteiger partial charge in [-0.3, -0.25) is 4.79 Å². The van der Waals surface area contributed by atoms with Gasteiger partial charge in [-0.05, 0) is 86.4 Å². The standard InChI is InChI=1S/C22H37NO2/c1-14(25-5)16-7-8-17-15-6-9-19-22(3,13-11-20(24)23(19)4)18(15)10-12-21(16,17)2/h14-19H,6-13H2,1-5H3/t14?,15-,16+,17-,18-,19+,21+,22+/m0/s1. The van der Waals surface area contributed by atoms with Crippen LogP contribution in [0.25, 0.3) is 0 Å². The zero-order valence-corrected chi connectivity index (χ0v) is 16.9. The zero-order valence-electron chi connectivity index (χ0n) is 16.9. The van der Waals surface area contributed by atoms with E-state index < -0.39 is 0 Å². The molecular weight excluding hydrogens is 310 g/mol. The smallest absolute Gasteiger partial charge is 0.222 e. The van der Waals surface area contributed by atoms with E-state index in [0.717, 1.165) is 36.5 Å². The Morgan fingerprint density at radius 1 is 1.04 bits per heavy atom. The number of carbonyl (C=O) groups is 1. The molecule has 3 nitrogen and oxygen atoms in total. The second kappa shape index (κ2) is 5.97. The number of fused-ring (bicyclic) bond motifs is 5. The minimum atomic E-state index is 0.345. The Labute approximate surface area is 153 Å². The fraction of sp³-hybridized carbons (Fsp3) is 0.955. The number of carbonyl (C=O) groups excluding carboxylic acids is 1. The molecule has 3 saturated carbocycles. The molecule has 1 saturated heterocycles. The molecule has 3 heteroatoms. The summed E-state index contributed by atoms with van der Waals surface area (Å²) in [5.74, 6) is 3.66. The minimum absolute atomic E-state index is 0.345. The predicted molar refractivity (Wildman–Crippen MR) is 100 cm³/mol. The van der Waals surface area contributed by atoms with Crippen LogP contribution in [0.15, 0.2) is 0 Å². The Hall–Kier alpha value is -0.570. The van der Waals surface area contributed by atoms with Gasteiger partial charge in [-0.25, -0.2) is 0 Å². The number of rotatable bonds is 2. The molecule has 1 amide bonds. The molecule has 1 aliphatic heterocycles. The third kappa shape index (κ3) is 2.37. The fourth-order valence-corrected chi connectivity index (χ4v) is 8.13. The largest absolute Gasteiger partial charge is 0.381 e. The average molecular weight is 348 g/mol. The van der Waals surface area contributed by atoms with Gasteiger partial charge in [0.05, 0.1) is 6.10 Å². The van der Waals surface area contributed by atoms with E-state index in [2.05, 4.69) is 32.7 Å². The normalized spacial score (nSPS) is 50.8. The van der Waals surface area contributed by atoms with Crippen molar-refractivity contribution in [2.45, 2.75) is 84.3 Å². The third-order valence-electron chi connectivity index (χ3n) is 9.57. The van der Waals surface area contributed by atoms with E-state index in [1.165, 1.54) is 38.5 Å². The lowest BCUT2D eigenvalue weighted by molar-refractivity contribution is -0.159. The van der Waals surface area contributed by atoms with Gasteiger partial charge in [-0.1, -0.05) is 13.8 Å². The fourth-order valence-electron chi connectivity index (χ4n) is 8.13. The van der Waals surface area contributed by atoms with Crippen molar-refractivity contribution < 1.29 is 9.53 Å². The summed E-state index contributed by atoms with van der Waals surface area (Å²) >= 11 is 0. The first-order valence-corrected chi connectivity index (χ1v) is 10.6. The SMILES string of the molecule is COC(C)[C@H]1CC[C@H]2[C@@H]3CC[C@H]4N(C)C(=O)CC[C@]4(C)[C@H]3CC[C@]12C. The van der Waals surface area contributed by atoms with Gasteiger partial charge in [-0.15, -0.1) is 0 Å². The Balaban J connectivity index is 1.61. The van der Waals surface area contributed by atoms with Gasteiger partial charge in [0.2, 0.25) is 5.91 Å². The number of hydrogen-bond donors (Lipinski definition) is 0. The summed E-state index contributed by atoms with van der Waals surface area (Å²) in [6.07, 6.45) is 10.3. The maximum absolute atomic E-state index is 12.2. The molecule has 3 aliphatic carbocycles. The molecule has 1 unspecified atom stereocenters. The molecule has 0 aromatic heterocycles. The Morgan fingerprint density at radius 3 is 2.48 bits per heavy atom. The van der Waals surface area contributed by atoms with Gasteiger partial charge >= 0.3 is 0 Å². The van der Waals surface area contributed by atoms with Gasteiger partial charge in [0.15, 0.2) is 0 Å². The lowest BCUT2D eigenvalue weighted by Gasteiger charge is -2.62. The lowest BCUT2D eigenvalue weighted by Crippen LogP contribution is -2.61. The highest BCUT2D eigenvalue weighted by atomic mass is 16.5. The van der Waals surface area contributed by atoms with Gasteiger partial charge in [0.25, 0.3) is 0 Å². The van der Waals surface area contributed by atoms with Crippen LogP contribution in [0.5, 0.6) is 0 Å². The van der Waals surface area contributed by atoms with Gasteiger partial charge < -0.3 is 9.64 Å². The average Bonchev–Trinajstić information content (AvgIpc) is 2.95. The first-order chi connectivity index (χ1) is 11.8. The summed E-state index contributed by atoms with van der Waals surface area (Å²) in [6, 6.07) is 0.481. The van der Waals surface area contributed by atoms with Crippen LogP contribution in [-0.4, -0.2) is 37.1 Å².